The van der Waals surface area contributed by atoms with Crippen molar-refractivity contribution in [1.29, 1.82) is 0 Å². The van der Waals surface area contributed by atoms with E-state index in [9.17, 15) is 9.59 Å². The van der Waals surface area contributed by atoms with Crippen LogP contribution in [0, 0.1) is 0 Å². The average Bonchev–Trinajstić information content (AvgIpc) is 3.27. The van der Waals surface area contributed by atoms with Crippen molar-refractivity contribution in [2.75, 3.05) is 25.1 Å². The fourth-order valence-electron chi connectivity index (χ4n) is 4.48. The monoisotopic (exact) mass is 507 g/mol. The smallest absolute Gasteiger partial charge is 0.410 e. The SMILES string of the molecule is CCOC(=O)N1CCc2c(sc3c2C(=O)NC(c2ccc(OCc4ccccc4)c(OCC)c2)N3)C1. The minimum Gasteiger partial charge on any atom is -0.490 e. The van der Waals surface area contributed by atoms with Crippen LogP contribution in [0.15, 0.2) is 48.5 Å². The van der Waals surface area contributed by atoms with E-state index in [4.69, 9.17) is 14.2 Å². The van der Waals surface area contributed by atoms with E-state index in [1.165, 1.54) is 11.3 Å². The Bertz CT molecular complexity index is 1260. The molecule has 36 heavy (non-hydrogen) atoms. The molecule has 1 aromatic heterocycles. The van der Waals surface area contributed by atoms with E-state index in [1.54, 1.807) is 11.8 Å². The maximum absolute atomic E-state index is 13.2. The first-order chi connectivity index (χ1) is 17.6. The molecule has 0 fully saturated rings. The van der Waals surface area contributed by atoms with Crippen LogP contribution in [0.2, 0.25) is 0 Å². The molecule has 2 amide bonds. The van der Waals surface area contributed by atoms with Crippen molar-refractivity contribution in [3.05, 3.63) is 75.7 Å². The molecule has 1 atom stereocenters. The van der Waals surface area contributed by atoms with Gasteiger partial charge in [-0.15, -0.1) is 11.3 Å². The van der Waals surface area contributed by atoms with Gasteiger partial charge in [0.1, 0.15) is 17.8 Å². The summed E-state index contributed by atoms with van der Waals surface area (Å²) in [5.41, 5.74) is 3.63. The molecule has 2 aliphatic heterocycles. The Morgan fingerprint density at radius 3 is 2.67 bits per heavy atom. The molecule has 8 nitrogen and oxygen atoms in total. The van der Waals surface area contributed by atoms with E-state index >= 15 is 0 Å². The number of fused-ring (bicyclic) bond motifs is 3. The summed E-state index contributed by atoms with van der Waals surface area (Å²) in [6.07, 6.45) is -0.0988. The molecule has 0 aliphatic carbocycles. The molecule has 2 aromatic carbocycles. The highest BCUT2D eigenvalue weighted by atomic mass is 32.1. The number of hydrogen-bond donors (Lipinski definition) is 2. The molecule has 5 rings (SSSR count). The highest BCUT2D eigenvalue weighted by Gasteiger charge is 2.34. The van der Waals surface area contributed by atoms with Crippen LogP contribution < -0.4 is 20.1 Å². The van der Waals surface area contributed by atoms with Crippen molar-refractivity contribution in [2.45, 2.75) is 39.6 Å². The topological polar surface area (TPSA) is 89.1 Å². The second-order valence-corrected chi connectivity index (χ2v) is 9.65. The third-order valence-corrected chi connectivity index (χ3v) is 7.35. The first-order valence-corrected chi connectivity index (χ1v) is 13.0. The zero-order valence-electron chi connectivity index (χ0n) is 20.3. The van der Waals surface area contributed by atoms with E-state index in [-0.39, 0.29) is 12.0 Å². The summed E-state index contributed by atoms with van der Waals surface area (Å²) in [5, 5.41) is 7.37. The quantitative estimate of drug-likeness (QED) is 0.463. The fraction of sp³-hybridized carbons (Fsp3) is 0.333. The van der Waals surface area contributed by atoms with Gasteiger partial charge in [-0.2, -0.15) is 0 Å². The highest BCUT2D eigenvalue weighted by molar-refractivity contribution is 7.16. The van der Waals surface area contributed by atoms with Crippen molar-refractivity contribution >= 4 is 28.3 Å². The predicted molar refractivity (Wildman–Crippen MR) is 138 cm³/mol. The number of rotatable bonds is 7. The number of nitrogens with zero attached hydrogens (tertiary/aromatic N) is 1. The molecule has 0 spiro atoms. The number of benzene rings is 2. The minimum atomic E-state index is -0.409. The van der Waals surface area contributed by atoms with Gasteiger partial charge in [-0.3, -0.25) is 4.79 Å². The maximum atomic E-state index is 13.2. The Morgan fingerprint density at radius 2 is 1.89 bits per heavy atom. The Morgan fingerprint density at radius 1 is 1.06 bits per heavy atom. The van der Waals surface area contributed by atoms with E-state index in [0.29, 0.717) is 56.4 Å². The second-order valence-electron chi connectivity index (χ2n) is 8.54. The summed E-state index contributed by atoms with van der Waals surface area (Å²) in [7, 11) is 0. The summed E-state index contributed by atoms with van der Waals surface area (Å²) < 4.78 is 17.0. The van der Waals surface area contributed by atoms with Crippen molar-refractivity contribution in [3.63, 3.8) is 0 Å². The summed E-state index contributed by atoms with van der Waals surface area (Å²) in [5.74, 6) is 1.17. The summed E-state index contributed by atoms with van der Waals surface area (Å²) >= 11 is 1.53. The van der Waals surface area contributed by atoms with E-state index < -0.39 is 6.17 Å². The predicted octanol–water partition coefficient (Wildman–Crippen LogP) is 5.09. The number of amides is 2. The number of carbonyl (C=O) groups is 2. The molecule has 188 valence electrons. The summed E-state index contributed by atoms with van der Waals surface area (Å²) in [6, 6.07) is 15.7. The lowest BCUT2D eigenvalue weighted by molar-refractivity contribution is 0.0934. The number of anilines is 1. The van der Waals surface area contributed by atoms with E-state index in [0.717, 1.165) is 26.6 Å². The average molecular weight is 508 g/mol. The fourth-order valence-corrected chi connectivity index (χ4v) is 5.77. The molecule has 0 radical (unpaired) electrons. The first kappa shape index (κ1) is 24.0. The van der Waals surface area contributed by atoms with E-state index in [2.05, 4.69) is 10.6 Å². The van der Waals surface area contributed by atoms with Gasteiger partial charge in [0.05, 0.1) is 25.3 Å². The Hall–Kier alpha value is -3.72. The van der Waals surface area contributed by atoms with Crippen LogP contribution in [0.5, 0.6) is 11.5 Å². The molecular formula is C27H29N3O5S. The third-order valence-electron chi connectivity index (χ3n) is 6.20. The molecular weight excluding hydrogens is 478 g/mol. The van der Waals surface area contributed by atoms with Gasteiger partial charge in [0.25, 0.3) is 5.91 Å². The molecule has 1 unspecified atom stereocenters. The van der Waals surface area contributed by atoms with Crippen molar-refractivity contribution in [3.8, 4) is 11.5 Å². The van der Waals surface area contributed by atoms with Crippen LogP contribution in [-0.2, 0) is 24.3 Å². The van der Waals surface area contributed by atoms with Crippen LogP contribution in [0.3, 0.4) is 0 Å². The molecule has 0 saturated heterocycles. The lowest BCUT2D eigenvalue weighted by atomic mass is 10.0. The summed E-state index contributed by atoms with van der Waals surface area (Å²) in [6.45, 7) is 5.98. The van der Waals surface area contributed by atoms with Gasteiger partial charge in [-0.25, -0.2) is 4.79 Å². The van der Waals surface area contributed by atoms with Gasteiger partial charge in [0.2, 0.25) is 0 Å². The minimum absolute atomic E-state index is 0.113. The van der Waals surface area contributed by atoms with Crippen molar-refractivity contribution in [1.82, 2.24) is 10.2 Å². The number of nitrogens with one attached hydrogen (secondary N) is 2. The normalized spacial score (nSPS) is 16.3. The zero-order chi connectivity index (χ0) is 25.1. The van der Waals surface area contributed by atoms with Crippen LogP contribution in [0.4, 0.5) is 9.80 Å². The van der Waals surface area contributed by atoms with Gasteiger partial charge < -0.3 is 29.7 Å². The number of thiophene rings is 1. The lowest BCUT2D eigenvalue weighted by Crippen LogP contribution is -2.39. The zero-order valence-corrected chi connectivity index (χ0v) is 21.2. The molecule has 0 bridgehead atoms. The van der Waals surface area contributed by atoms with Crippen molar-refractivity contribution in [2.24, 2.45) is 0 Å². The molecule has 2 N–H and O–H groups in total. The van der Waals surface area contributed by atoms with Crippen LogP contribution >= 0.6 is 11.3 Å². The molecule has 3 heterocycles. The van der Waals surface area contributed by atoms with Gasteiger partial charge >= 0.3 is 6.09 Å². The van der Waals surface area contributed by atoms with Gasteiger partial charge in [-0.05, 0) is 49.1 Å². The standard InChI is InChI=1S/C27H29N3O5S/c1-3-33-21-14-18(10-11-20(21)35-16-17-8-6-5-7-9-17)24-28-25(31)23-19-12-13-30(27(32)34-4-2)15-22(19)36-26(23)29-24/h5-11,14,24,29H,3-4,12-13,15-16H2,1-2H3,(H,28,31). The second kappa shape index (κ2) is 10.5. The largest absolute Gasteiger partial charge is 0.490 e. The van der Waals surface area contributed by atoms with Crippen LogP contribution in [-0.4, -0.2) is 36.7 Å². The number of ether oxygens (including phenoxy) is 3. The van der Waals surface area contributed by atoms with Crippen molar-refractivity contribution < 1.29 is 23.8 Å². The van der Waals surface area contributed by atoms with Gasteiger partial charge in [0.15, 0.2) is 11.5 Å². The number of carbonyl (C=O) groups excluding carboxylic acids is 2. The van der Waals surface area contributed by atoms with Crippen LogP contribution in [0.1, 0.15) is 51.9 Å². The molecule has 9 heteroatoms. The summed E-state index contributed by atoms with van der Waals surface area (Å²) in [4.78, 5) is 28.0. The Kier molecular flexibility index (Phi) is 6.99. The van der Waals surface area contributed by atoms with E-state index in [1.807, 2.05) is 55.5 Å². The van der Waals surface area contributed by atoms with Gasteiger partial charge in [0, 0.05) is 11.4 Å². The van der Waals surface area contributed by atoms with Crippen LogP contribution in [0.25, 0.3) is 0 Å². The Balaban J connectivity index is 1.34. The molecule has 2 aliphatic rings. The van der Waals surface area contributed by atoms with Gasteiger partial charge in [-0.1, -0.05) is 36.4 Å². The lowest BCUT2D eigenvalue weighted by Gasteiger charge is -2.28. The molecule has 3 aromatic rings. The first-order valence-electron chi connectivity index (χ1n) is 12.1. The third kappa shape index (κ3) is 4.83. The molecule has 0 saturated carbocycles. The highest BCUT2D eigenvalue weighted by Crippen LogP contribution is 2.41. The Labute approximate surface area is 214 Å². The maximum Gasteiger partial charge on any atom is 0.410 e. The number of hydrogen-bond acceptors (Lipinski definition) is 7.